The van der Waals surface area contributed by atoms with Crippen LogP contribution >= 0.6 is 0 Å². The number of nitrogens with one attached hydrogen (secondary N) is 1. The number of aromatic nitrogens is 2. The minimum Gasteiger partial charge on any atom is -0.317 e. The fraction of sp³-hybridized carbons (Fsp3) is 0.0476. The highest BCUT2D eigenvalue weighted by molar-refractivity contribution is 5.79. The molecule has 4 aromatic rings. The molecule has 0 aliphatic carbocycles. The highest BCUT2D eigenvalue weighted by atomic mass is 19.1. The van der Waals surface area contributed by atoms with Crippen LogP contribution < -0.4 is 11.0 Å². The molecular weight excluding hydrogens is 348 g/mol. The fourth-order valence-corrected chi connectivity index (χ4v) is 2.92. The fourth-order valence-electron chi connectivity index (χ4n) is 2.92. The van der Waals surface area contributed by atoms with E-state index in [1.165, 1.54) is 22.9 Å². The van der Waals surface area contributed by atoms with E-state index >= 15 is 0 Å². The zero-order chi connectivity index (χ0) is 18.8. The summed E-state index contributed by atoms with van der Waals surface area (Å²) in [6.07, 6.45) is 0. The zero-order valence-electron chi connectivity index (χ0n) is 14.2. The minimum atomic E-state index is -0.485. The van der Waals surface area contributed by atoms with Crippen molar-refractivity contribution >= 4 is 10.9 Å². The maximum absolute atomic E-state index is 14.4. The van der Waals surface area contributed by atoms with Gasteiger partial charge in [0.05, 0.1) is 23.0 Å². The Morgan fingerprint density at radius 1 is 0.926 bits per heavy atom. The van der Waals surface area contributed by atoms with Crippen LogP contribution in [-0.2, 0) is 6.54 Å². The summed E-state index contributed by atoms with van der Waals surface area (Å²) < 4.78 is 29.0. The second-order valence-corrected chi connectivity index (χ2v) is 6.04. The summed E-state index contributed by atoms with van der Waals surface area (Å²) in [5, 5.41) is 0.407. The van der Waals surface area contributed by atoms with Gasteiger partial charge in [0.25, 0.3) is 5.56 Å². The molecule has 0 spiro atoms. The smallest absolute Gasteiger partial charge is 0.280 e. The molecule has 0 aliphatic heterocycles. The molecule has 0 saturated heterocycles. The van der Waals surface area contributed by atoms with Gasteiger partial charge in [-0.15, -0.1) is 0 Å². The molecule has 6 heteroatoms. The predicted octanol–water partition coefficient (Wildman–Crippen LogP) is 4.09. The molecule has 0 radical (unpaired) electrons. The van der Waals surface area contributed by atoms with E-state index in [4.69, 9.17) is 0 Å². The summed E-state index contributed by atoms with van der Waals surface area (Å²) in [4.78, 5) is 17.5. The van der Waals surface area contributed by atoms with Gasteiger partial charge in [-0.05, 0) is 42.0 Å². The van der Waals surface area contributed by atoms with E-state index in [1.807, 2.05) is 0 Å². The van der Waals surface area contributed by atoms with Crippen molar-refractivity contribution in [3.8, 4) is 11.4 Å². The van der Waals surface area contributed by atoms with Crippen molar-refractivity contribution in [3.05, 3.63) is 100 Å². The quantitative estimate of drug-likeness (QED) is 0.594. The van der Waals surface area contributed by atoms with Gasteiger partial charge in [-0.1, -0.05) is 36.4 Å². The van der Waals surface area contributed by atoms with Crippen LogP contribution in [0.3, 0.4) is 0 Å². The van der Waals surface area contributed by atoms with Crippen molar-refractivity contribution in [2.75, 3.05) is 5.43 Å². The molecule has 1 N–H and O–H groups in total. The molecule has 4 rings (SSSR count). The highest BCUT2D eigenvalue weighted by Crippen LogP contribution is 2.21. The van der Waals surface area contributed by atoms with E-state index in [0.29, 0.717) is 16.5 Å². The monoisotopic (exact) mass is 363 g/mol. The Bertz CT molecular complexity index is 1190. The second-order valence-electron chi connectivity index (χ2n) is 6.04. The third kappa shape index (κ3) is 3.29. The molecule has 134 valence electrons. The molecular formula is C21H15F2N3O. The number of hydrogen-bond acceptors (Lipinski definition) is 3. The second kappa shape index (κ2) is 6.99. The first-order valence-corrected chi connectivity index (χ1v) is 8.38. The molecule has 27 heavy (non-hydrogen) atoms. The van der Waals surface area contributed by atoms with Crippen LogP contribution in [0, 0.1) is 11.6 Å². The number of rotatable bonds is 4. The number of para-hydroxylation sites is 1. The lowest BCUT2D eigenvalue weighted by Crippen LogP contribution is -2.31. The first kappa shape index (κ1) is 16.9. The van der Waals surface area contributed by atoms with Crippen LogP contribution in [0.25, 0.3) is 22.3 Å². The molecule has 0 saturated carbocycles. The predicted molar refractivity (Wildman–Crippen MR) is 101 cm³/mol. The van der Waals surface area contributed by atoms with Crippen LogP contribution in [0.4, 0.5) is 8.78 Å². The van der Waals surface area contributed by atoms with Gasteiger partial charge >= 0.3 is 0 Å². The Morgan fingerprint density at radius 3 is 2.52 bits per heavy atom. The van der Waals surface area contributed by atoms with Crippen molar-refractivity contribution in [2.45, 2.75) is 6.54 Å². The van der Waals surface area contributed by atoms with Crippen LogP contribution in [0.5, 0.6) is 0 Å². The SMILES string of the molecule is O=c1c2ccccc2nc(-c2ccccc2F)n1NCc1cccc(F)c1. The number of benzene rings is 3. The van der Waals surface area contributed by atoms with Gasteiger partial charge in [-0.25, -0.2) is 18.4 Å². The maximum Gasteiger partial charge on any atom is 0.280 e. The molecule has 1 aromatic heterocycles. The van der Waals surface area contributed by atoms with Crippen LogP contribution in [0.1, 0.15) is 5.56 Å². The maximum atomic E-state index is 14.4. The largest absolute Gasteiger partial charge is 0.317 e. The highest BCUT2D eigenvalue weighted by Gasteiger charge is 2.15. The Hall–Kier alpha value is -3.54. The Morgan fingerprint density at radius 2 is 1.70 bits per heavy atom. The van der Waals surface area contributed by atoms with Gasteiger partial charge in [-0.3, -0.25) is 4.79 Å². The average Bonchev–Trinajstić information content (AvgIpc) is 2.68. The molecule has 0 unspecified atom stereocenters. The van der Waals surface area contributed by atoms with Crippen LogP contribution in [0.15, 0.2) is 77.6 Å². The molecule has 1 heterocycles. The third-order valence-corrected chi connectivity index (χ3v) is 4.22. The topological polar surface area (TPSA) is 46.9 Å². The Balaban J connectivity index is 1.86. The molecule has 4 nitrogen and oxygen atoms in total. The van der Waals surface area contributed by atoms with Gasteiger partial charge in [-0.2, -0.15) is 0 Å². The van der Waals surface area contributed by atoms with Gasteiger partial charge < -0.3 is 5.43 Å². The van der Waals surface area contributed by atoms with Gasteiger partial charge in [0.1, 0.15) is 11.6 Å². The Kier molecular flexibility index (Phi) is 4.38. The van der Waals surface area contributed by atoms with E-state index in [-0.39, 0.29) is 29.3 Å². The van der Waals surface area contributed by atoms with Crippen molar-refractivity contribution < 1.29 is 8.78 Å². The van der Waals surface area contributed by atoms with Crippen molar-refractivity contribution in [1.82, 2.24) is 9.66 Å². The number of nitrogens with zero attached hydrogens (tertiary/aromatic N) is 2. The minimum absolute atomic E-state index is 0.160. The van der Waals surface area contributed by atoms with Gasteiger partial charge in [0, 0.05) is 0 Å². The first-order valence-electron chi connectivity index (χ1n) is 8.38. The molecule has 0 aliphatic rings. The van der Waals surface area contributed by atoms with Gasteiger partial charge in [0.15, 0.2) is 5.82 Å². The molecule has 0 bridgehead atoms. The van der Waals surface area contributed by atoms with Crippen molar-refractivity contribution in [3.63, 3.8) is 0 Å². The van der Waals surface area contributed by atoms with Crippen molar-refractivity contribution in [2.24, 2.45) is 0 Å². The molecule has 0 fully saturated rings. The average molecular weight is 363 g/mol. The molecule has 3 aromatic carbocycles. The summed E-state index contributed by atoms with van der Waals surface area (Å²) in [7, 11) is 0. The normalized spacial score (nSPS) is 10.9. The van der Waals surface area contributed by atoms with E-state index in [9.17, 15) is 13.6 Å². The van der Waals surface area contributed by atoms with E-state index < -0.39 is 5.82 Å². The lowest BCUT2D eigenvalue weighted by molar-refractivity contribution is 0.624. The summed E-state index contributed by atoms with van der Waals surface area (Å²) in [5.74, 6) is -0.693. The summed E-state index contributed by atoms with van der Waals surface area (Å²) in [6, 6.07) is 19.0. The van der Waals surface area contributed by atoms with Crippen LogP contribution in [-0.4, -0.2) is 9.66 Å². The zero-order valence-corrected chi connectivity index (χ0v) is 14.2. The molecule has 0 atom stereocenters. The standard InChI is InChI=1S/C21H15F2N3O/c22-15-7-5-6-14(12-15)13-24-26-20(16-8-1-3-10-18(16)23)25-19-11-4-2-9-17(19)21(26)27/h1-12,24H,13H2. The van der Waals surface area contributed by atoms with E-state index in [1.54, 1.807) is 54.6 Å². The van der Waals surface area contributed by atoms with E-state index in [2.05, 4.69) is 10.4 Å². The van der Waals surface area contributed by atoms with Crippen molar-refractivity contribution in [1.29, 1.82) is 0 Å². The lowest BCUT2D eigenvalue weighted by atomic mass is 10.1. The lowest BCUT2D eigenvalue weighted by Gasteiger charge is -2.16. The summed E-state index contributed by atoms with van der Waals surface area (Å²) in [5.41, 5.74) is 3.92. The number of fused-ring (bicyclic) bond motifs is 1. The summed E-state index contributed by atoms with van der Waals surface area (Å²) in [6.45, 7) is 0.180. The number of halogens is 2. The first-order chi connectivity index (χ1) is 13.1. The van der Waals surface area contributed by atoms with E-state index in [0.717, 1.165) is 0 Å². The molecule has 0 amide bonds. The number of hydrogen-bond donors (Lipinski definition) is 1. The summed E-state index contributed by atoms with van der Waals surface area (Å²) >= 11 is 0. The third-order valence-electron chi connectivity index (χ3n) is 4.22. The van der Waals surface area contributed by atoms with Gasteiger partial charge in [0.2, 0.25) is 0 Å². The van der Waals surface area contributed by atoms with Crippen LogP contribution in [0.2, 0.25) is 0 Å². The Labute approximate surface area is 153 Å².